The quantitative estimate of drug-likeness (QED) is 0.209. The standard InChI is InChI=1S/C25H28O2S/c1-3-5-19-6-8-20(9-7-19)21-10-12-22(13-11-21)25(26)27-23-14-16-24(17-15-23)28-18-4-2/h3-4,10-17,19-20H,1-2,5-9,18H2/t19-,20-. The van der Waals surface area contributed by atoms with E-state index in [1.807, 2.05) is 48.6 Å². The lowest BCUT2D eigenvalue weighted by atomic mass is 9.77. The first kappa shape index (κ1) is 20.5. The summed E-state index contributed by atoms with van der Waals surface area (Å²) in [4.78, 5) is 13.6. The predicted octanol–water partition coefficient (Wildman–Crippen LogP) is 7.03. The largest absolute Gasteiger partial charge is 0.423 e. The molecule has 1 aliphatic rings. The lowest BCUT2D eigenvalue weighted by Gasteiger charge is -2.28. The highest BCUT2D eigenvalue weighted by Gasteiger charge is 2.21. The zero-order chi connectivity index (χ0) is 19.8. The van der Waals surface area contributed by atoms with Crippen LogP contribution in [0.2, 0.25) is 0 Å². The first-order chi connectivity index (χ1) is 13.7. The molecular weight excluding hydrogens is 364 g/mol. The molecule has 1 saturated carbocycles. The summed E-state index contributed by atoms with van der Waals surface area (Å²) in [6, 6.07) is 15.5. The Balaban J connectivity index is 1.55. The Labute approximate surface area is 172 Å². The molecule has 0 saturated heterocycles. The Kier molecular flexibility index (Phi) is 7.55. The number of hydrogen-bond donors (Lipinski definition) is 0. The molecule has 0 aromatic heterocycles. The van der Waals surface area contributed by atoms with Crippen LogP contribution in [0.15, 0.2) is 78.7 Å². The van der Waals surface area contributed by atoms with Gasteiger partial charge in [0.05, 0.1) is 5.56 Å². The molecule has 3 heteroatoms. The number of thioether (sulfide) groups is 1. The van der Waals surface area contributed by atoms with Gasteiger partial charge in [0.25, 0.3) is 0 Å². The van der Waals surface area contributed by atoms with Crippen molar-refractivity contribution in [1.29, 1.82) is 0 Å². The zero-order valence-electron chi connectivity index (χ0n) is 16.3. The molecule has 2 aromatic rings. The van der Waals surface area contributed by atoms with Crippen LogP contribution in [0.3, 0.4) is 0 Å². The third-order valence-electron chi connectivity index (χ3n) is 5.37. The molecule has 2 nitrogen and oxygen atoms in total. The van der Waals surface area contributed by atoms with E-state index in [9.17, 15) is 4.79 Å². The molecule has 3 rings (SSSR count). The van der Waals surface area contributed by atoms with E-state index in [1.54, 1.807) is 11.8 Å². The summed E-state index contributed by atoms with van der Waals surface area (Å²) in [5.74, 6) is 2.52. The second kappa shape index (κ2) is 10.3. The maximum absolute atomic E-state index is 12.4. The molecule has 146 valence electrons. The fourth-order valence-electron chi connectivity index (χ4n) is 3.78. The third kappa shape index (κ3) is 5.62. The van der Waals surface area contributed by atoms with Crippen molar-refractivity contribution in [2.24, 2.45) is 5.92 Å². The molecule has 0 aliphatic heterocycles. The van der Waals surface area contributed by atoms with E-state index < -0.39 is 0 Å². The molecule has 28 heavy (non-hydrogen) atoms. The Hall–Kier alpha value is -2.26. The SMILES string of the molecule is C=CCSc1ccc(OC(=O)c2ccc([C@H]3CC[C@H](CC=C)CC3)cc2)cc1. The van der Waals surface area contributed by atoms with Crippen LogP contribution in [-0.2, 0) is 0 Å². The van der Waals surface area contributed by atoms with E-state index in [-0.39, 0.29) is 5.97 Å². The first-order valence-electron chi connectivity index (χ1n) is 9.96. The average Bonchev–Trinajstić information content (AvgIpc) is 2.74. The number of carbonyl (C=O) groups is 1. The fourth-order valence-corrected chi connectivity index (χ4v) is 4.42. The minimum atomic E-state index is -0.312. The molecule has 1 aliphatic carbocycles. The van der Waals surface area contributed by atoms with Crippen molar-refractivity contribution < 1.29 is 9.53 Å². The Morgan fingerprint density at radius 2 is 1.64 bits per heavy atom. The van der Waals surface area contributed by atoms with E-state index in [1.165, 1.54) is 31.2 Å². The summed E-state index contributed by atoms with van der Waals surface area (Å²) in [5, 5.41) is 0. The van der Waals surface area contributed by atoms with Crippen molar-refractivity contribution in [3.63, 3.8) is 0 Å². The van der Waals surface area contributed by atoms with Gasteiger partial charge in [-0.25, -0.2) is 4.79 Å². The Bertz CT molecular complexity index is 784. The minimum absolute atomic E-state index is 0.312. The average molecular weight is 393 g/mol. The lowest BCUT2D eigenvalue weighted by molar-refractivity contribution is 0.0734. The minimum Gasteiger partial charge on any atom is -0.423 e. The van der Waals surface area contributed by atoms with Gasteiger partial charge in [0.15, 0.2) is 0 Å². The maximum Gasteiger partial charge on any atom is 0.343 e. The predicted molar refractivity (Wildman–Crippen MR) is 118 cm³/mol. The summed E-state index contributed by atoms with van der Waals surface area (Å²) in [6.07, 6.45) is 10.0. The van der Waals surface area contributed by atoms with Crippen LogP contribution in [0.4, 0.5) is 0 Å². The van der Waals surface area contributed by atoms with Crippen molar-refractivity contribution in [1.82, 2.24) is 0 Å². The van der Waals surface area contributed by atoms with E-state index in [0.29, 0.717) is 17.2 Å². The summed E-state index contributed by atoms with van der Waals surface area (Å²) in [6.45, 7) is 7.57. The fraction of sp³-hybridized carbons (Fsp3) is 0.320. The van der Waals surface area contributed by atoms with E-state index in [2.05, 4.69) is 25.3 Å². The van der Waals surface area contributed by atoms with Crippen LogP contribution in [-0.4, -0.2) is 11.7 Å². The molecule has 0 N–H and O–H groups in total. The van der Waals surface area contributed by atoms with Gasteiger partial charge in [0.1, 0.15) is 5.75 Å². The van der Waals surface area contributed by atoms with Crippen LogP contribution in [0, 0.1) is 5.92 Å². The highest BCUT2D eigenvalue weighted by Crippen LogP contribution is 2.37. The van der Waals surface area contributed by atoms with Crippen LogP contribution < -0.4 is 4.74 Å². The normalized spacial score (nSPS) is 19.0. The third-order valence-corrected chi connectivity index (χ3v) is 6.37. The number of rotatable bonds is 8. The molecule has 0 atom stereocenters. The Morgan fingerprint density at radius 1 is 0.964 bits per heavy atom. The molecule has 0 heterocycles. The monoisotopic (exact) mass is 392 g/mol. The topological polar surface area (TPSA) is 26.3 Å². The number of carbonyl (C=O) groups excluding carboxylic acids is 1. The van der Waals surface area contributed by atoms with Gasteiger partial charge in [-0.05, 0) is 85.9 Å². The van der Waals surface area contributed by atoms with E-state index in [4.69, 9.17) is 4.74 Å². The molecule has 1 fully saturated rings. The molecular formula is C25H28O2S. The van der Waals surface area contributed by atoms with Crippen molar-refractivity contribution in [2.45, 2.75) is 42.9 Å². The van der Waals surface area contributed by atoms with Crippen molar-refractivity contribution >= 4 is 17.7 Å². The van der Waals surface area contributed by atoms with E-state index in [0.717, 1.165) is 23.0 Å². The van der Waals surface area contributed by atoms with Crippen LogP contribution in [0.1, 0.15) is 53.9 Å². The second-order valence-electron chi connectivity index (χ2n) is 7.32. The van der Waals surface area contributed by atoms with Gasteiger partial charge in [-0.3, -0.25) is 0 Å². The second-order valence-corrected chi connectivity index (χ2v) is 8.42. The molecule has 0 spiro atoms. The number of ether oxygens (including phenoxy) is 1. The number of benzene rings is 2. The summed E-state index contributed by atoms with van der Waals surface area (Å²) < 4.78 is 5.51. The van der Waals surface area contributed by atoms with Crippen LogP contribution >= 0.6 is 11.8 Å². The zero-order valence-corrected chi connectivity index (χ0v) is 17.1. The smallest absolute Gasteiger partial charge is 0.343 e. The molecule has 0 amide bonds. The number of esters is 1. The van der Waals surface area contributed by atoms with Gasteiger partial charge in [-0.1, -0.05) is 24.3 Å². The van der Waals surface area contributed by atoms with E-state index >= 15 is 0 Å². The number of hydrogen-bond acceptors (Lipinski definition) is 3. The lowest BCUT2D eigenvalue weighted by Crippen LogP contribution is -2.13. The maximum atomic E-state index is 12.4. The molecule has 2 aromatic carbocycles. The molecule has 0 unspecified atom stereocenters. The van der Waals surface area contributed by atoms with Crippen LogP contribution in [0.25, 0.3) is 0 Å². The van der Waals surface area contributed by atoms with Crippen molar-refractivity contribution in [2.75, 3.05) is 5.75 Å². The van der Waals surface area contributed by atoms with Gasteiger partial charge in [0, 0.05) is 10.6 Å². The number of allylic oxidation sites excluding steroid dienone is 1. The highest BCUT2D eigenvalue weighted by atomic mass is 32.2. The highest BCUT2D eigenvalue weighted by molar-refractivity contribution is 7.99. The Morgan fingerprint density at radius 3 is 2.25 bits per heavy atom. The van der Waals surface area contributed by atoms with Gasteiger partial charge in [0.2, 0.25) is 0 Å². The van der Waals surface area contributed by atoms with Gasteiger partial charge >= 0.3 is 5.97 Å². The summed E-state index contributed by atoms with van der Waals surface area (Å²) in [5.41, 5.74) is 1.92. The first-order valence-corrected chi connectivity index (χ1v) is 10.9. The van der Waals surface area contributed by atoms with Crippen molar-refractivity contribution in [3.05, 3.63) is 85.0 Å². The molecule has 0 bridgehead atoms. The van der Waals surface area contributed by atoms with Gasteiger partial charge in [-0.2, -0.15) is 0 Å². The summed E-state index contributed by atoms with van der Waals surface area (Å²) in [7, 11) is 0. The van der Waals surface area contributed by atoms with Crippen LogP contribution in [0.5, 0.6) is 5.75 Å². The van der Waals surface area contributed by atoms with Gasteiger partial charge in [-0.15, -0.1) is 24.9 Å². The molecule has 0 radical (unpaired) electrons. The van der Waals surface area contributed by atoms with Gasteiger partial charge < -0.3 is 4.74 Å². The van der Waals surface area contributed by atoms with Crippen molar-refractivity contribution in [3.8, 4) is 5.75 Å². The summed E-state index contributed by atoms with van der Waals surface area (Å²) >= 11 is 1.70.